The van der Waals surface area contributed by atoms with Gasteiger partial charge in [-0.15, -0.1) is 0 Å². The van der Waals surface area contributed by atoms with Crippen LogP contribution in [0.1, 0.15) is 12.2 Å². The highest BCUT2D eigenvalue weighted by atomic mass is 15.0. The molecule has 0 aliphatic carbocycles. The Hall–Kier alpha value is -1.31. The number of hydrogen-bond acceptors (Lipinski definition) is 1. The monoisotopic (exact) mass is 162 g/mol. The minimum atomic E-state index is 0.939. The van der Waals surface area contributed by atoms with Crippen LogP contribution < -0.4 is 0 Å². The summed E-state index contributed by atoms with van der Waals surface area (Å²) in [5.41, 5.74) is 1.07. The zero-order valence-corrected chi connectivity index (χ0v) is 7.45. The van der Waals surface area contributed by atoms with Gasteiger partial charge in [0, 0.05) is 25.9 Å². The van der Waals surface area contributed by atoms with Crippen molar-refractivity contribution in [3.8, 4) is 0 Å². The lowest BCUT2D eigenvalue weighted by molar-refractivity contribution is 0.773. The summed E-state index contributed by atoms with van der Waals surface area (Å²) in [6.07, 6.45) is 7.43. The molecule has 2 nitrogen and oxygen atoms in total. The van der Waals surface area contributed by atoms with Crippen LogP contribution in [0.5, 0.6) is 0 Å². The fourth-order valence-corrected chi connectivity index (χ4v) is 1.01. The zero-order chi connectivity index (χ0) is 8.97. The number of rotatable bonds is 4. The van der Waals surface area contributed by atoms with Crippen LogP contribution >= 0.6 is 0 Å². The summed E-state index contributed by atoms with van der Waals surface area (Å²) in [5.74, 6) is 1.10. The molecule has 0 N–H and O–H groups in total. The molecule has 0 amide bonds. The van der Waals surface area contributed by atoms with Crippen molar-refractivity contribution in [1.82, 2.24) is 9.55 Å². The molecule has 12 heavy (non-hydrogen) atoms. The minimum Gasteiger partial charge on any atom is -0.338 e. The van der Waals surface area contributed by atoms with Gasteiger partial charge in [0.2, 0.25) is 0 Å². The van der Waals surface area contributed by atoms with Crippen LogP contribution in [0.2, 0.25) is 0 Å². The first-order valence-electron chi connectivity index (χ1n) is 4.00. The van der Waals surface area contributed by atoms with Crippen molar-refractivity contribution < 1.29 is 0 Å². The highest BCUT2D eigenvalue weighted by molar-refractivity contribution is 5.12. The van der Waals surface area contributed by atoms with Gasteiger partial charge in [-0.05, 0) is 6.42 Å². The first-order valence-corrected chi connectivity index (χ1v) is 4.00. The topological polar surface area (TPSA) is 17.8 Å². The Bertz CT molecular complexity index is 284. The van der Waals surface area contributed by atoms with Gasteiger partial charge in [0.25, 0.3) is 0 Å². The van der Waals surface area contributed by atoms with Crippen LogP contribution in [0.3, 0.4) is 0 Å². The SMILES string of the molecule is C=CC(=C)CCc1nccn1C. The Labute approximate surface area is 73.2 Å². The summed E-state index contributed by atoms with van der Waals surface area (Å²) in [4.78, 5) is 4.21. The quantitative estimate of drug-likeness (QED) is 0.620. The number of hydrogen-bond donors (Lipinski definition) is 0. The van der Waals surface area contributed by atoms with E-state index in [0.29, 0.717) is 0 Å². The summed E-state index contributed by atoms with van der Waals surface area (Å²) >= 11 is 0. The molecule has 1 aromatic rings. The van der Waals surface area contributed by atoms with Crippen LogP contribution in [0.15, 0.2) is 37.2 Å². The maximum Gasteiger partial charge on any atom is 0.108 e. The number of imidazole rings is 1. The predicted octanol–water partition coefficient (Wildman–Crippen LogP) is 2.09. The molecule has 0 spiro atoms. The summed E-state index contributed by atoms with van der Waals surface area (Å²) in [6.45, 7) is 7.50. The summed E-state index contributed by atoms with van der Waals surface area (Å²) in [7, 11) is 2.00. The Morgan fingerprint density at radius 2 is 2.50 bits per heavy atom. The van der Waals surface area contributed by atoms with Gasteiger partial charge >= 0.3 is 0 Å². The summed E-state index contributed by atoms with van der Waals surface area (Å²) < 4.78 is 2.02. The maximum atomic E-state index is 4.21. The molecule has 0 aliphatic heterocycles. The van der Waals surface area contributed by atoms with Crippen molar-refractivity contribution >= 4 is 0 Å². The van der Waals surface area contributed by atoms with Crippen LogP contribution in [-0.2, 0) is 13.5 Å². The van der Waals surface area contributed by atoms with Crippen LogP contribution in [0, 0.1) is 0 Å². The lowest BCUT2D eigenvalue weighted by atomic mass is 10.1. The average molecular weight is 162 g/mol. The molecule has 1 heterocycles. The molecule has 0 bridgehead atoms. The van der Waals surface area contributed by atoms with Crippen molar-refractivity contribution in [2.45, 2.75) is 12.8 Å². The molecule has 0 saturated heterocycles. The summed E-state index contributed by atoms with van der Waals surface area (Å²) in [6, 6.07) is 0. The lowest BCUT2D eigenvalue weighted by Crippen LogP contribution is -1.97. The number of allylic oxidation sites excluding steroid dienone is 2. The van der Waals surface area contributed by atoms with Gasteiger partial charge < -0.3 is 4.57 Å². The first-order chi connectivity index (χ1) is 5.74. The molecule has 1 aromatic heterocycles. The molecule has 0 aromatic carbocycles. The molecule has 0 atom stereocenters. The van der Waals surface area contributed by atoms with Gasteiger partial charge in [0.15, 0.2) is 0 Å². The van der Waals surface area contributed by atoms with Gasteiger partial charge in [-0.1, -0.05) is 24.8 Å². The van der Waals surface area contributed by atoms with E-state index in [-0.39, 0.29) is 0 Å². The Morgan fingerprint density at radius 3 is 3.00 bits per heavy atom. The van der Waals surface area contributed by atoms with E-state index in [1.807, 2.05) is 24.0 Å². The Kier molecular flexibility index (Phi) is 2.86. The second-order valence-corrected chi connectivity index (χ2v) is 2.82. The van der Waals surface area contributed by atoms with Crippen LogP contribution in [0.4, 0.5) is 0 Å². The van der Waals surface area contributed by atoms with Gasteiger partial charge in [-0.25, -0.2) is 4.98 Å². The molecule has 0 unspecified atom stereocenters. The number of aryl methyl sites for hydroxylation is 2. The normalized spacial score (nSPS) is 9.75. The zero-order valence-electron chi connectivity index (χ0n) is 7.45. The predicted molar refractivity (Wildman–Crippen MR) is 50.9 cm³/mol. The van der Waals surface area contributed by atoms with Crippen molar-refractivity contribution in [2.24, 2.45) is 7.05 Å². The number of aromatic nitrogens is 2. The largest absolute Gasteiger partial charge is 0.338 e. The van der Waals surface area contributed by atoms with E-state index < -0.39 is 0 Å². The van der Waals surface area contributed by atoms with E-state index in [2.05, 4.69) is 18.1 Å². The van der Waals surface area contributed by atoms with E-state index in [1.54, 1.807) is 6.08 Å². The second kappa shape index (κ2) is 3.90. The highest BCUT2D eigenvalue weighted by Gasteiger charge is 1.98. The van der Waals surface area contributed by atoms with Crippen molar-refractivity contribution in [2.75, 3.05) is 0 Å². The van der Waals surface area contributed by atoms with Crippen LogP contribution in [-0.4, -0.2) is 9.55 Å². The lowest BCUT2D eigenvalue weighted by Gasteiger charge is -2.00. The standard InChI is InChI=1S/C10H14N2/c1-4-9(2)5-6-10-11-7-8-12(10)3/h4,7-8H,1-2,5-6H2,3H3. The molecule has 0 saturated carbocycles. The molecule has 0 fully saturated rings. The van der Waals surface area contributed by atoms with Crippen molar-refractivity contribution in [1.29, 1.82) is 0 Å². The third-order valence-corrected chi connectivity index (χ3v) is 1.88. The maximum absolute atomic E-state index is 4.21. The second-order valence-electron chi connectivity index (χ2n) is 2.82. The smallest absolute Gasteiger partial charge is 0.108 e. The van der Waals surface area contributed by atoms with Crippen molar-refractivity contribution in [3.05, 3.63) is 43.0 Å². The van der Waals surface area contributed by atoms with Gasteiger partial charge in [0.05, 0.1) is 0 Å². The highest BCUT2D eigenvalue weighted by Crippen LogP contribution is 2.05. The molecular weight excluding hydrogens is 148 g/mol. The van der Waals surface area contributed by atoms with E-state index >= 15 is 0 Å². The van der Waals surface area contributed by atoms with Crippen molar-refractivity contribution in [3.63, 3.8) is 0 Å². The Balaban J connectivity index is 2.48. The molecule has 1 rings (SSSR count). The molecule has 2 heteroatoms. The van der Waals surface area contributed by atoms with Gasteiger partial charge in [0.1, 0.15) is 5.82 Å². The third kappa shape index (κ3) is 2.09. The van der Waals surface area contributed by atoms with Crippen LogP contribution in [0.25, 0.3) is 0 Å². The van der Waals surface area contributed by atoms with Gasteiger partial charge in [-0.2, -0.15) is 0 Å². The molecule has 0 radical (unpaired) electrons. The van der Waals surface area contributed by atoms with E-state index in [4.69, 9.17) is 0 Å². The van der Waals surface area contributed by atoms with E-state index in [0.717, 1.165) is 24.2 Å². The molecule has 0 aliphatic rings. The third-order valence-electron chi connectivity index (χ3n) is 1.88. The van der Waals surface area contributed by atoms with Gasteiger partial charge in [-0.3, -0.25) is 0 Å². The fraction of sp³-hybridized carbons (Fsp3) is 0.300. The molecule has 64 valence electrons. The fourth-order valence-electron chi connectivity index (χ4n) is 1.01. The van der Waals surface area contributed by atoms with E-state index in [9.17, 15) is 0 Å². The minimum absolute atomic E-state index is 0.939. The van der Waals surface area contributed by atoms with E-state index in [1.165, 1.54) is 0 Å². The molecular formula is C10H14N2. The Morgan fingerprint density at radius 1 is 1.75 bits per heavy atom. The first kappa shape index (κ1) is 8.78. The summed E-state index contributed by atoms with van der Waals surface area (Å²) in [5, 5.41) is 0. The number of nitrogens with zero attached hydrogens (tertiary/aromatic N) is 2. The average Bonchev–Trinajstić information content (AvgIpc) is 2.47.